The third-order valence-electron chi connectivity index (χ3n) is 3.62. The minimum absolute atomic E-state index is 0.213. The number of aromatic nitrogens is 3. The number of rotatable bonds is 3. The second kappa shape index (κ2) is 4.77. The van der Waals surface area contributed by atoms with Crippen LogP contribution in [0.3, 0.4) is 0 Å². The Hall–Kier alpha value is -1.69. The summed E-state index contributed by atoms with van der Waals surface area (Å²) in [7, 11) is 0. The van der Waals surface area contributed by atoms with E-state index in [4.69, 9.17) is 8.94 Å². The fraction of sp³-hybridized carbons (Fsp3) is 0.615. The van der Waals surface area contributed by atoms with Crippen molar-refractivity contribution in [3.8, 4) is 0 Å². The zero-order valence-electron chi connectivity index (χ0n) is 11.5. The molecule has 3 rings (SSSR count). The Bertz CT molecular complexity index is 555. The lowest BCUT2D eigenvalue weighted by molar-refractivity contribution is 0.211. The molecule has 6 nitrogen and oxygen atoms in total. The molecule has 0 spiro atoms. The predicted molar refractivity (Wildman–Crippen MR) is 67.4 cm³/mol. The first-order valence-corrected chi connectivity index (χ1v) is 6.60. The van der Waals surface area contributed by atoms with Crippen LogP contribution in [0.4, 0.5) is 0 Å². The van der Waals surface area contributed by atoms with Crippen LogP contribution in [0.5, 0.6) is 0 Å². The molecule has 19 heavy (non-hydrogen) atoms. The van der Waals surface area contributed by atoms with Gasteiger partial charge in [-0.05, 0) is 33.2 Å². The van der Waals surface area contributed by atoms with Gasteiger partial charge in [0.15, 0.2) is 5.82 Å². The standard InChI is InChI=1S/C13H18N4O2/c1-8-9(2)18-12(14-8)7-17-6-4-5-11(17)13-15-10(3)19-16-13/h11H,4-7H2,1-3H3/t11-/m0/s1. The summed E-state index contributed by atoms with van der Waals surface area (Å²) in [4.78, 5) is 11.1. The molecular formula is C13H18N4O2. The summed E-state index contributed by atoms with van der Waals surface area (Å²) >= 11 is 0. The van der Waals surface area contributed by atoms with E-state index in [0.29, 0.717) is 12.4 Å². The number of aryl methyl sites for hydroxylation is 3. The molecule has 0 bridgehead atoms. The van der Waals surface area contributed by atoms with Gasteiger partial charge in [0.1, 0.15) is 5.76 Å². The highest BCUT2D eigenvalue weighted by molar-refractivity contribution is 5.06. The molecule has 0 aliphatic carbocycles. The van der Waals surface area contributed by atoms with E-state index in [9.17, 15) is 0 Å². The molecule has 0 radical (unpaired) electrons. The minimum Gasteiger partial charge on any atom is -0.444 e. The largest absolute Gasteiger partial charge is 0.444 e. The molecule has 0 unspecified atom stereocenters. The van der Waals surface area contributed by atoms with Crippen molar-refractivity contribution in [1.82, 2.24) is 20.0 Å². The summed E-state index contributed by atoms with van der Waals surface area (Å²) in [6, 6.07) is 0.213. The molecule has 2 aromatic heterocycles. The maximum Gasteiger partial charge on any atom is 0.223 e. The SMILES string of the molecule is Cc1nc([C@@H]2CCCN2Cc2nc(C)c(C)o2)no1. The van der Waals surface area contributed by atoms with Crippen LogP contribution in [0.25, 0.3) is 0 Å². The molecule has 3 heterocycles. The second-order valence-electron chi connectivity index (χ2n) is 5.05. The Kier molecular flexibility index (Phi) is 3.10. The van der Waals surface area contributed by atoms with Crippen molar-refractivity contribution in [2.75, 3.05) is 6.54 Å². The average molecular weight is 262 g/mol. The van der Waals surface area contributed by atoms with Gasteiger partial charge in [-0.1, -0.05) is 5.16 Å². The average Bonchev–Trinajstić information content (AvgIpc) is 3.03. The topological polar surface area (TPSA) is 68.2 Å². The molecule has 1 aliphatic rings. The Morgan fingerprint density at radius 2 is 2.11 bits per heavy atom. The zero-order valence-corrected chi connectivity index (χ0v) is 11.5. The van der Waals surface area contributed by atoms with Crippen molar-refractivity contribution in [3.05, 3.63) is 29.1 Å². The molecule has 0 aromatic carbocycles. The molecule has 6 heteroatoms. The van der Waals surface area contributed by atoms with E-state index >= 15 is 0 Å². The number of hydrogen-bond acceptors (Lipinski definition) is 6. The molecule has 1 saturated heterocycles. The number of hydrogen-bond donors (Lipinski definition) is 0. The van der Waals surface area contributed by atoms with Gasteiger partial charge in [0.2, 0.25) is 11.8 Å². The van der Waals surface area contributed by atoms with Crippen LogP contribution in [0, 0.1) is 20.8 Å². The first-order valence-electron chi connectivity index (χ1n) is 6.60. The van der Waals surface area contributed by atoms with Gasteiger partial charge in [0.25, 0.3) is 0 Å². The van der Waals surface area contributed by atoms with E-state index in [-0.39, 0.29) is 6.04 Å². The third kappa shape index (κ3) is 2.40. The molecular weight excluding hydrogens is 244 g/mol. The van der Waals surface area contributed by atoms with Crippen molar-refractivity contribution in [3.63, 3.8) is 0 Å². The van der Waals surface area contributed by atoms with E-state index in [2.05, 4.69) is 20.0 Å². The Morgan fingerprint density at radius 3 is 2.74 bits per heavy atom. The summed E-state index contributed by atoms with van der Waals surface area (Å²) in [5.41, 5.74) is 0.959. The van der Waals surface area contributed by atoms with Crippen molar-refractivity contribution < 1.29 is 8.94 Å². The van der Waals surface area contributed by atoms with E-state index < -0.39 is 0 Å². The quantitative estimate of drug-likeness (QED) is 0.845. The monoisotopic (exact) mass is 262 g/mol. The normalized spacial score (nSPS) is 20.3. The zero-order chi connectivity index (χ0) is 13.4. The smallest absolute Gasteiger partial charge is 0.223 e. The lowest BCUT2D eigenvalue weighted by Gasteiger charge is -2.19. The van der Waals surface area contributed by atoms with Gasteiger partial charge in [0.05, 0.1) is 18.3 Å². The number of oxazole rings is 1. The molecule has 2 aromatic rings. The molecule has 1 atom stereocenters. The van der Waals surface area contributed by atoms with Crippen molar-refractivity contribution in [1.29, 1.82) is 0 Å². The van der Waals surface area contributed by atoms with Crippen LogP contribution in [-0.2, 0) is 6.54 Å². The van der Waals surface area contributed by atoms with Gasteiger partial charge in [-0.15, -0.1) is 0 Å². The van der Waals surface area contributed by atoms with Crippen molar-refractivity contribution in [2.45, 2.75) is 46.2 Å². The van der Waals surface area contributed by atoms with Crippen molar-refractivity contribution in [2.24, 2.45) is 0 Å². The fourth-order valence-corrected chi connectivity index (χ4v) is 2.54. The molecule has 0 amide bonds. The second-order valence-corrected chi connectivity index (χ2v) is 5.05. The Morgan fingerprint density at radius 1 is 1.26 bits per heavy atom. The molecule has 0 N–H and O–H groups in total. The fourth-order valence-electron chi connectivity index (χ4n) is 2.54. The van der Waals surface area contributed by atoms with Gasteiger partial charge < -0.3 is 8.94 Å². The molecule has 1 aliphatic heterocycles. The van der Waals surface area contributed by atoms with E-state index in [0.717, 1.165) is 42.6 Å². The highest BCUT2D eigenvalue weighted by Gasteiger charge is 2.30. The van der Waals surface area contributed by atoms with Gasteiger partial charge in [-0.3, -0.25) is 4.90 Å². The predicted octanol–water partition coefficient (Wildman–Crippen LogP) is 2.32. The summed E-state index contributed by atoms with van der Waals surface area (Å²) in [5.74, 6) is 3.04. The minimum atomic E-state index is 0.213. The van der Waals surface area contributed by atoms with E-state index in [1.165, 1.54) is 0 Å². The summed E-state index contributed by atoms with van der Waals surface area (Å²) < 4.78 is 10.7. The summed E-state index contributed by atoms with van der Waals surface area (Å²) in [6.07, 6.45) is 2.19. The van der Waals surface area contributed by atoms with Crippen LogP contribution in [-0.4, -0.2) is 26.6 Å². The highest BCUT2D eigenvalue weighted by atomic mass is 16.5. The summed E-state index contributed by atoms with van der Waals surface area (Å²) in [6.45, 7) is 7.43. The lowest BCUT2D eigenvalue weighted by Crippen LogP contribution is -2.23. The van der Waals surface area contributed by atoms with E-state index in [1.807, 2.05) is 20.8 Å². The van der Waals surface area contributed by atoms with Gasteiger partial charge in [-0.25, -0.2) is 4.98 Å². The van der Waals surface area contributed by atoms with Crippen LogP contribution < -0.4 is 0 Å². The van der Waals surface area contributed by atoms with Crippen LogP contribution in [0.1, 0.15) is 47.9 Å². The van der Waals surface area contributed by atoms with Crippen LogP contribution in [0.15, 0.2) is 8.94 Å². The first kappa shape index (κ1) is 12.3. The summed E-state index contributed by atoms with van der Waals surface area (Å²) in [5, 5.41) is 4.03. The van der Waals surface area contributed by atoms with E-state index in [1.54, 1.807) is 0 Å². The van der Waals surface area contributed by atoms with Gasteiger partial charge in [0, 0.05) is 6.92 Å². The van der Waals surface area contributed by atoms with Crippen LogP contribution >= 0.6 is 0 Å². The maximum absolute atomic E-state index is 5.65. The molecule has 0 saturated carbocycles. The first-order chi connectivity index (χ1) is 9.13. The Labute approximate surface area is 111 Å². The number of likely N-dealkylation sites (tertiary alicyclic amines) is 1. The highest BCUT2D eigenvalue weighted by Crippen LogP contribution is 2.31. The number of nitrogens with zero attached hydrogens (tertiary/aromatic N) is 4. The Balaban J connectivity index is 1.76. The molecule has 1 fully saturated rings. The van der Waals surface area contributed by atoms with Gasteiger partial charge in [-0.2, -0.15) is 4.98 Å². The lowest BCUT2D eigenvalue weighted by atomic mass is 10.2. The maximum atomic E-state index is 5.65. The van der Waals surface area contributed by atoms with Gasteiger partial charge >= 0.3 is 0 Å². The van der Waals surface area contributed by atoms with Crippen LogP contribution in [0.2, 0.25) is 0 Å². The molecule has 102 valence electrons. The third-order valence-corrected chi connectivity index (χ3v) is 3.62. The van der Waals surface area contributed by atoms with Crippen molar-refractivity contribution >= 4 is 0 Å².